The normalized spacial score (nSPS) is 24.9. The number of benzene rings is 1. The minimum atomic E-state index is -1.23. The molecule has 1 aromatic carbocycles. The Morgan fingerprint density at radius 2 is 1.94 bits per heavy atom. The zero-order chi connectivity index (χ0) is 25.9. The first-order valence-electron chi connectivity index (χ1n) is 11.2. The van der Waals surface area contributed by atoms with Crippen LogP contribution in [0.5, 0.6) is 5.75 Å². The predicted molar refractivity (Wildman–Crippen MR) is 115 cm³/mol. The molecule has 3 aliphatic heterocycles. The Morgan fingerprint density at radius 3 is 2.58 bits per heavy atom. The zero-order valence-electron chi connectivity index (χ0n) is 18.9. The fourth-order valence-corrected chi connectivity index (χ4v) is 5.14. The number of pyridine rings is 1. The third-order valence-corrected chi connectivity index (χ3v) is 7.11. The van der Waals surface area contributed by atoms with Crippen LogP contribution < -0.4 is 16.2 Å². The molecule has 13 heteroatoms. The van der Waals surface area contributed by atoms with Crippen LogP contribution >= 0.6 is 0 Å². The number of rotatable bonds is 3. The minimum absolute atomic E-state index is 0.0383. The summed E-state index contributed by atoms with van der Waals surface area (Å²) in [7, 11) is 0. The van der Waals surface area contributed by atoms with Crippen molar-refractivity contribution in [3.63, 3.8) is 0 Å². The molecule has 0 aliphatic carbocycles. The van der Waals surface area contributed by atoms with E-state index in [2.05, 4.69) is 10.8 Å². The highest BCUT2D eigenvalue weighted by Crippen LogP contribution is 2.45. The smallest absolute Gasteiger partial charge is 0.274 e. The maximum absolute atomic E-state index is 14.0. The van der Waals surface area contributed by atoms with E-state index in [1.165, 1.54) is 9.47 Å². The van der Waals surface area contributed by atoms with Crippen molar-refractivity contribution in [1.82, 2.24) is 20.3 Å². The summed E-state index contributed by atoms with van der Waals surface area (Å²) in [6.45, 7) is 1.19. The van der Waals surface area contributed by atoms with E-state index in [4.69, 9.17) is 4.84 Å². The lowest BCUT2D eigenvalue weighted by molar-refractivity contribution is -0.128. The summed E-state index contributed by atoms with van der Waals surface area (Å²) in [5.74, 6) is -6.64. The van der Waals surface area contributed by atoms with Gasteiger partial charge >= 0.3 is 0 Å². The molecule has 2 aromatic rings. The highest BCUT2D eigenvalue weighted by Gasteiger charge is 2.54. The average molecular weight is 506 g/mol. The van der Waals surface area contributed by atoms with Gasteiger partial charge in [0.1, 0.15) is 28.6 Å². The summed E-state index contributed by atoms with van der Waals surface area (Å²) in [5, 5.41) is 12.9. The standard InChI is InChI=1S/C23H21F3N4O6/c1-10-2-3-23(6-17(31)28-36-23)16-9-29(10)22(35)18-20(33)19(32)13(8-30(16)18)21(34)27-7-12-14(25)4-11(24)5-15(12)26/h4-5,8,10,16,33H,2-3,6-7,9H2,1H3,(H,27,34)(H,28,31)/t10?,16?,23-/m0/s1. The van der Waals surface area contributed by atoms with Crippen LogP contribution in [0, 0.1) is 17.5 Å². The number of hydrogen-bond acceptors (Lipinski definition) is 6. The molecule has 0 radical (unpaired) electrons. The number of aromatic nitrogens is 1. The Balaban J connectivity index is 1.55. The Bertz CT molecular complexity index is 1360. The molecule has 2 unspecified atom stereocenters. The molecular formula is C23H21F3N4O6. The lowest BCUT2D eigenvalue weighted by Crippen LogP contribution is -2.52. The van der Waals surface area contributed by atoms with E-state index in [1.807, 2.05) is 0 Å². The summed E-state index contributed by atoms with van der Waals surface area (Å²) in [4.78, 5) is 58.2. The van der Waals surface area contributed by atoms with Crippen molar-refractivity contribution in [3.05, 3.63) is 62.8 Å². The number of nitrogens with zero attached hydrogens (tertiary/aromatic N) is 2. The third kappa shape index (κ3) is 3.61. The van der Waals surface area contributed by atoms with Crippen molar-refractivity contribution in [2.45, 2.75) is 50.4 Å². The largest absolute Gasteiger partial charge is 0.503 e. The van der Waals surface area contributed by atoms with Gasteiger partial charge in [-0.3, -0.25) is 24.0 Å². The topological polar surface area (TPSA) is 130 Å². The second-order valence-electron chi connectivity index (χ2n) is 9.24. The highest BCUT2D eigenvalue weighted by atomic mass is 19.1. The molecule has 36 heavy (non-hydrogen) atoms. The van der Waals surface area contributed by atoms with Gasteiger partial charge < -0.3 is 19.9 Å². The Morgan fingerprint density at radius 1 is 1.25 bits per heavy atom. The van der Waals surface area contributed by atoms with Crippen LogP contribution in [0.25, 0.3) is 0 Å². The maximum Gasteiger partial charge on any atom is 0.274 e. The molecule has 4 heterocycles. The molecule has 10 nitrogen and oxygen atoms in total. The van der Waals surface area contributed by atoms with Gasteiger partial charge in [0.05, 0.1) is 12.5 Å². The van der Waals surface area contributed by atoms with E-state index in [9.17, 15) is 37.5 Å². The number of aromatic hydroxyl groups is 1. The Kier molecular flexibility index (Phi) is 5.54. The summed E-state index contributed by atoms with van der Waals surface area (Å²) in [6.07, 6.45) is 1.90. The van der Waals surface area contributed by atoms with E-state index >= 15 is 0 Å². The third-order valence-electron chi connectivity index (χ3n) is 7.11. The highest BCUT2D eigenvalue weighted by molar-refractivity contribution is 5.99. The number of hydroxylamine groups is 1. The molecule has 2 saturated heterocycles. The van der Waals surface area contributed by atoms with E-state index in [0.29, 0.717) is 25.0 Å². The van der Waals surface area contributed by atoms with Gasteiger partial charge in [0, 0.05) is 43.0 Å². The van der Waals surface area contributed by atoms with E-state index in [0.717, 1.165) is 6.20 Å². The number of carbonyl (C=O) groups excluding carboxylic acids is 3. The summed E-state index contributed by atoms with van der Waals surface area (Å²) >= 11 is 0. The summed E-state index contributed by atoms with van der Waals surface area (Å²) in [5.41, 5.74) is -1.50. The summed E-state index contributed by atoms with van der Waals surface area (Å²) < 4.78 is 42.3. The average Bonchev–Trinajstić information content (AvgIpc) is 3.14. The number of fused-ring (bicyclic) bond motifs is 5. The quantitative estimate of drug-likeness (QED) is 0.575. The van der Waals surface area contributed by atoms with Crippen LogP contribution in [0.3, 0.4) is 0 Å². The first-order chi connectivity index (χ1) is 17.0. The summed E-state index contributed by atoms with van der Waals surface area (Å²) in [6, 6.07) is -0.111. The van der Waals surface area contributed by atoms with Crippen LogP contribution in [0.2, 0.25) is 0 Å². The first kappa shape index (κ1) is 23.9. The Labute approximate surface area is 201 Å². The number of halogens is 3. The van der Waals surface area contributed by atoms with Gasteiger partial charge in [-0.25, -0.2) is 18.7 Å². The fourth-order valence-electron chi connectivity index (χ4n) is 5.14. The monoisotopic (exact) mass is 506 g/mol. The molecule has 2 bridgehead atoms. The van der Waals surface area contributed by atoms with Crippen LogP contribution in [-0.4, -0.2) is 50.5 Å². The molecule has 1 spiro atoms. The molecule has 1 aromatic heterocycles. The first-order valence-corrected chi connectivity index (χ1v) is 11.2. The van der Waals surface area contributed by atoms with Crippen molar-refractivity contribution in [3.8, 4) is 5.75 Å². The molecule has 3 atom stereocenters. The molecular weight excluding hydrogens is 485 g/mol. The molecule has 3 amide bonds. The molecule has 3 aliphatic rings. The van der Waals surface area contributed by atoms with Gasteiger partial charge in [-0.1, -0.05) is 0 Å². The lowest BCUT2D eigenvalue weighted by atomic mass is 9.85. The number of hydrogen-bond donors (Lipinski definition) is 3. The SMILES string of the molecule is CC1CC[C@]2(CC(=O)NO2)C2CN1C(=O)c1c(O)c(=O)c(C(=O)NCc3c(F)cc(F)cc3F)cn12. The molecule has 5 rings (SSSR count). The van der Waals surface area contributed by atoms with Crippen molar-refractivity contribution < 1.29 is 37.5 Å². The van der Waals surface area contributed by atoms with Gasteiger partial charge in [-0.05, 0) is 19.8 Å². The van der Waals surface area contributed by atoms with Crippen molar-refractivity contribution in [2.24, 2.45) is 0 Å². The Hall–Kier alpha value is -3.87. The minimum Gasteiger partial charge on any atom is -0.503 e. The maximum atomic E-state index is 14.0. The lowest BCUT2D eigenvalue weighted by Gasteiger charge is -2.41. The second kappa shape index (κ2) is 8.36. The zero-order valence-corrected chi connectivity index (χ0v) is 18.9. The number of carbonyl (C=O) groups is 3. The van der Waals surface area contributed by atoms with Crippen LogP contribution in [0.1, 0.15) is 58.6 Å². The van der Waals surface area contributed by atoms with Gasteiger partial charge in [0.15, 0.2) is 11.4 Å². The van der Waals surface area contributed by atoms with Crippen molar-refractivity contribution in [2.75, 3.05) is 6.54 Å². The second-order valence-corrected chi connectivity index (χ2v) is 9.24. The van der Waals surface area contributed by atoms with Gasteiger partial charge in [-0.2, -0.15) is 0 Å². The van der Waals surface area contributed by atoms with Gasteiger partial charge in [0.2, 0.25) is 11.3 Å². The fraction of sp³-hybridized carbons (Fsp3) is 0.391. The van der Waals surface area contributed by atoms with Crippen molar-refractivity contribution in [1.29, 1.82) is 0 Å². The number of nitrogens with one attached hydrogen (secondary N) is 2. The molecule has 0 saturated carbocycles. The van der Waals surface area contributed by atoms with E-state index in [1.54, 1.807) is 6.92 Å². The molecule has 3 N–H and O–H groups in total. The molecule has 2 fully saturated rings. The number of amides is 3. The van der Waals surface area contributed by atoms with Gasteiger partial charge in [-0.15, -0.1) is 0 Å². The van der Waals surface area contributed by atoms with E-state index < -0.39 is 69.8 Å². The van der Waals surface area contributed by atoms with Crippen LogP contribution in [0.15, 0.2) is 23.1 Å². The predicted octanol–water partition coefficient (Wildman–Crippen LogP) is 1.27. The molecule has 190 valence electrons. The van der Waals surface area contributed by atoms with E-state index in [-0.39, 0.29) is 30.6 Å². The van der Waals surface area contributed by atoms with Crippen LogP contribution in [0.4, 0.5) is 13.2 Å². The van der Waals surface area contributed by atoms with Crippen LogP contribution in [-0.2, 0) is 16.2 Å². The van der Waals surface area contributed by atoms with Crippen molar-refractivity contribution >= 4 is 17.7 Å². The van der Waals surface area contributed by atoms with Gasteiger partial charge in [0.25, 0.3) is 11.8 Å².